The molecule has 0 spiro atoms. The molecule has 0 fully saturated rings. The van der Waals surface area contributed by atoms with E-state index in [4.69, 9.17) is 0 Å². The van der Waals surface area contributed by atoms with Gasteiger partial charge in [0.25, 0.3) is 0 Å². The van der Waals surface area contributed by atoms with Crippen molar-refractivity contribution >= 4 is 23.2 Å². The highest BCUT2D eigenvalue weighted by Gasteiger charge is 2.45. The monoisotopic (exact) mass is 576 g/mol. The summed E-state index contributed by atoms with van der Waals surface area (Å²) in [5.41, 5.74) is 2.22. The third kappa shape index (κ3) is 5.56. The molecule has 0 aromatic heterocycles. The smallest absolute Gasteiger partial charge is 0.416 e. The lowest BCUT2D eigenvalue weighted by Crippen LogP contribution is -3.00. The minimum Gasteiger partial charge on any atom is -1.00 e. The molecule has 5 heteroatoms. The van der Waals surface area contributed by atoms with Gasteiger partial charge in [-0.2, -0.15) is 13.2 Å². The van der Waals surface area contributed by atoms with Gasteiger partial charge in [0.1, 0.15) is 23.2 Å². The fourth-order valence-electron chi connectivity index (χ4n) is 4.80. The summed E-state index contributed by atoms with van der Waals surface area (Å²) in [4.78, 5) is 0. The van der Waals surface area contributed by atoms with E-state index in [9.17, 15) is 13.2 Å². The second kappa shape index (κ2) is 11.5. The minimum atomic E-state index is -4.35. The number of halogens is 4. The molecule has 37 heavy (non-hydrogen) atoms. The summed E-state index contributed by atoms with van der Waals surface area (Å²) in [7, 11) is -2.14. The van der Waals surface area contributed by atoms with E-state index in [-0.39, 0.29) is 17.0 Å². The summed E-state index contributed by atoms with van der Waals surface area (Å²) < 4.78 is 39.6. The first-order valence-electron chi connectivity index (χ1n) is 11.8. The molecule has 0 amide bonds. The fraction of sp³-hybridized carbons (Fsp3) is 0.0625. The maximum Gasteiger partial charge on any atom is 0.416 e. The Morgan fingerprint density at radius 1 is 0.486 bits per heavy atom. The van der Waals surface area contributed by atoms with Crippen molar-refractivity contribution in [3.05, 3.63) is 151 Å². The predicted molar refractivity (Wildman–Crippen MR) is 146 cm³/mol. The first-order valence-corrected chi connectivity index (χ1v) is 13.8. The van der Waals surface area contributed by atoms with Crippen LogP contribution in [0.1, 0.15) is 11.1 Å². The van der Waals surface area contributed by atoms with Crippen LogP contribution in [0.5, 0.6) is 0 Å². The number of alkyl halides is 3. The van der Waals surface area contributed by atoms with Crippen LogP contribution in [0.2, 0.25) is 0 Å². The van der Waals surface area contributed by atoms with E-state index in [1.54, 1.807) is 12.1 Å². The van der Waals surface area contributed by atoms with Crippen LogP contribution in [-0.4, -0.2) is 0 Å². The van der Waals surface area contributed by atoms with Gasteiger partial charge >= 0.3 is 6.18 Å². The van der Waals surface area contributed by atoms with Crippen molar-refractivity contribution < 1.29 is 30.2 Å². The van der Waals surface area contributed by atoms with E-state index in [1.807, 2.05) is 36.4 Å². The zero-order valence-corrected chi connectivity index (χ0v) is 22.4. The van der Waals surface area contributed by atoms with E-state index in [0.29, 0.717) is 0 Å². The van der Waals surface area contributed by atoms with Gasteiger partial charge in [-0.15, -0.1) is 0 Å². The number of rotatable bonds is 6. The van der Waals surface area contributed by atoms with Crippen molar-refractivity contribution in [2.75, 3.05) is 0 Å². The minimum absolute atomic E-state index is 0. The second-order valence-corrected chi connectivity index (χ2v) is 12.2. The Morgan fingerprint density at radius 2 is 0.892 bits per heavy atom. The van der Waals surface area contributed by atoms with Gasteiger partial charge in [-0.1, -0.05) is 91.0 Å². The van der Waals surface area contributed by atoms with Crippen molar-refractivity contribution in [1.82, 2.24) is 0 Å². The zero-order chi connectivity index (χ0) is 25.0. The Hall–Kier alpha value is -3.20. The molecular weight excluding hydrogens is 552 g/mol. The molecule has 0 saturated heterocycles. The quantitative estimate of drug-likeness (QED) is 0.253. The highest BCUT2D eigenvalue weighted by molar-refractivity contribution is 7.95. The lowest BCUT2D eigenvalue weighted by molar-refractivity contribution is -0.137. The van der Waals surface area contributed by atoms with Crippen molar-refractivity contribution in [1.29, 1.82) is 0 Å². The molecule has 0 N–H and O–H groups in total. The molecule has 186 valence electrons. The van der Waals surface area contributed by atoms with Gasteiger partial charge in [0.05, 0.1) is 11.7 Å². The summed E-state index contributed by atoms with van der Waals surface area (Å²) in [6.07, 6.45) is -3.60. The normalized spacial score (nSPS) is 11.5. The van der Waals surface area contributed by atoms with Gasteiger partial charge in [-0.25, -0.2) is 0 Å². The van der Waals surface area contributed by atoms with Crippen LogP contribution in [-0.2, 0) is 12.3 Å². The van der Waals surface area contributed by atoms with Crippen LogP contribution in [0.4, 0.5) is 13.2 Å². The zero-order valence-electron chi connectivity index (χ0n) is 19.9. The van der Waals surface area contributed by atoms with E-state index in [0.717, 1.165) is 22.9 Å². The largest absolute Gasteiger partial charge is 1.00 e. The van der Waals surface area contributed by atoms with Crippen molar-refractivity contribution in [2.24, 2.45) is 0 Å². The molecule has 0 saturated carbocycles. The van der Waals surface area contributed by atoms with E-state index < -0.39 is 19.0 Å². The first-order chi connectivity index (χ1) is 17.5. The van der Waals surface area contributed by atoms with Crippen molar-refractivity contribution in [3.63, 3.8) is 0 Å². The number of hydrogen-bond donors (Lipinski definition) is 0. The lowest BCUT2D eigenvalue weighted by Gasteiger charge is -2.28. The third-order valence-corrected chi connectivity index (χ3v) is 10.9. The summed E-state index contributed by atoms with van der Waals surface area (Å²) in [5, 5.41) is 3.80. The summed E-state index contributed by atoms with van der Waals surface area (Å²) >= 11 is 0. The van der Waals surface area contributed by atoms with Crippen LogP contribution in [0.3, 0.4) is 0 Å². The Bertz CT molecular complexity index is 1320. The molecule has 5 rings (SSSR count). The van der Waals surface area contributed by atoms with E-state index in [2.05, 4.69) is 78.9 Å². The summed E-state index contributed by atoms with van der Waals surface area (Å²) in [5.74, 6) is 0. The molecule has 0 aliphatic rings. The van der Waals surface area contributed by atoms with Gasteiger partial charge in [-0.3, -0.25) is 0 Å². The molecule has 0 heterocycles. The number of benzene rings is 5. The van der Waals surface area contributed by atoms with Gasteiger partial charge in [0.2, 0.25) is 0 Å². The maximum absolute atomic E-state index is 13.2. The molecular formula is C32H25BrF3P. The fourth-order valence-corrected chi connectivity index (χ4v) is 9.07. The predicted octanol–water partition coefficient (Wildman–Crippen LogP) is 4.87. The molecule has 0 atom stereocenters. The van der Waals surface area contributed by atoms with Gasteiger partial charge < -0.3 is 17.0 Å². The van der Waals surface area contributed by atoms with Crippen LogP contribution in [0, 0.1) is 0 Å². The molecule has 0 radical (unpaired) electrons. The second-order valence-electron chi connectivity index (χ2n) is 8.71. The maximum atomic E-state index is 13.2. The van der Waals surface area contributed by atoms with E-state index in [1.165, 1.54) is 28.0 Å². The average Bonchev–Trinajstić information content (AvgIpc) is 2.93. The summed E-state index contributed by atoms with van der Waals surface area (Å²) in [6.45, 7) is 0. The Morgan fingerprint density at radius 3 is 1.32 bits per heavy atom. The Balaban J connectivity index is 0.00000320. The highest BCUT2D eigenvalue weighted by Crippen LogP contribution is 2.58. The third-order valence-electron chi connectivity index (χ3n) is 6.54. The van der Waals surface area contributed by atoms with Gasteiger partial charge in [0.15, 0.2) is 0 Å². The molecule has 0 unspecified atom stereocenters. The molecule has 0 nitrogen and oxygen atoms in total. The first kappa shape index (κ1) is 26.9. The van der Waals surface area contributed by atoms with Crippen LogP contribution < -0.4 is 32.9 Å². The molecule has 0 aliphatic heterocycles. The van der Waals surface area contributed by atoms with Gasteiger partial charge in [-0.05, 0) is 65.2 Å². The summed E-state index contributed by atoms with van der Waals surface area (Å²) in [6, 6.07) is 45.4. The topological polar surface area (TPSA) is 0 Å². The average molecular weight is 577 g/mol. The molecule has 0 aliphatic carbocycles. The van der Waals surface area contributed by atoms with Crippen LogP contribution in [0.15, 0.2) is 140 Å². The number of hydrogen-bond acceptors (Lipinski definition) is 0. The highest BCUT2D eigenvalue weighted by atomic mass is 79.9. The van der Waals surface area contributed by atoms with Gasteiger partial charge in [0, 0.05) is 0 Å². The van der Waals surface area contributed by atoms with Crippen LogP contribution in [0.25, 0.3) is 11.1 Å². The van der Waals surface area contributed by atoms with Crippen molar-refractivity contribution in [2.45, 2.75) is 12.3 Å². The van der Waals surface area contributed by atoms with Crippen molar-refractivity contribution in [3.8, 4) is 11.1 Å². The molecule has 5 aromatic rings. The van der Waals surface area contributed by atoms with E-state index >= 15 is 0 Å². The Labute approximate surface area is 226 Å². The Kier molecular flexibility index (Phi) is 8.32. The molecule has 0 bridgehead atoms. The van der Waals surface area contributed by atoms with Crippen LogP contribution >= 0.6 is 7.26 Å². The molecule has 5 aromatic carbocycles. The lowest BCUT2D eigenvalue weighted by atomic mass is 9.99. The SMILES string of the molecule is FC(F)(F)c1ccc(-c2ccccc2C[P+](c2ccccc2)(c2ccccc2)c2ccccc2)cc1.[Br-]. The standard InChI is InChI=1S/C32H25F3P.BrH/c33-32(34,35)27-22-20-25(21-23-27)31-19-11-10-12-26(31)24-36(28-13-4-1-5-14-28,29-15-6-2-7-16-29)30-17-8-3-9-18-30;/h1-23H,24H2;1H/q+1;/p-1.